The summed E-state index contributed by atoms with van der Waals surface area (Å²) in [7, 11) is 0. The normalized spacial score (nSPS) is 18.0. The minimum absolute atomic E-state index is 0.409. The third-order valence-electron chi connectivity index (χ3n) is 5.39. The van der Waals surface area contributed by atoms with Crippen LogP contribution in [-0.4, -0.2) is 54.3 Å². The highest BCUT2D eigenvalue weighted by atomic mass is 16.2. The molecule has 0 aromatic heterocycles. The first kappa shape index (κ1) is 18.4. The first-order valence-corrected chi connectivity index (χ1v) is 9.54. The second-order valence-corrected chi connectivity index (χ2v) is 7.28. The average molecular weight is 374 g/mol. The van der Waals surface area contributed by atoms with E-state index in [2.05, 4.69) is 15.9 Å². The molecule has 0 saturated carbocycles. The summed E-state index contributed by atoms with van der Waals surface area (Å²) in [4.78, 5) is 30.8. The van der Waals surface area contributed by atoms with Gasteiger partial charge in [-0.1, -0.05) is 24.3 Å². The zero-order valence-electron chi connectivity index (χ0n) is 15.7. The lowest BCUT2D eigenvalue weighted by Crippen LogP contribution is -2.42. The molecule has 0 unspecified atom stereocenters. The maximum atomic E-state index is 12.4. The Hall–Kier alpha value is -3.01. The molecule has 142 valence electrons. The minimum atomic E-state index is -0.431. The monoisotopic (exact) mass is 374 g/mol. The van der Waals surface area contributed by atoms with E-state index in [1.54, 1.807) is 17.0 Å². The van der Waals surface area contributed by atoms with E-state index in [-0.39, 0.29) is 0 Å². The number of fused-ring (bicyclic) bond motifs is 1. The molecule has 0 bridgehead atoms. The Labute approximate surface area is 164 Å². The fourth-order valence-electron chi connectivity index (χ4n) is 3.86. The highest BCUT2D eigenvalue weighted by molar-refractivity contribution is 6.52. The van der Waals surface area contributed by atoms with Crippen LogP contribution >= 0.6 is 0 Å². The number of ketones is 1. The molecule has 6 heteroatoms. The summed E-state index contributed by atoms with van der Waals surface area (Å²) in [5, 5.41) is 8.91. The molecule has 0 radical (unpaired) electrons. The van der Waals surface area contributed by atoms with Crippen molar-refractivity contribution in [3.05, 3.63) is 65.2 Å². The van der Waals surface area contributed by atoms with E-state index in [4.69, 9.17) is 5.26 Å². The predicted octanol–water partition coefficient (Wildman–Crippen LogP) is 2.25. The Bertz CT molecular complexity index is 932. The van der Waals surface area contributed by atoms with Crippen molar-refractivity contribution in [2.24, 2.45) is 0 Å². The smallest absolute Gasteiger partial charge is 0.298 e. The quantitative estimate of drug-likeness (QED) is 0.768. The largest absolute Gasteiger partial charge is 0.300 e. The summed E-state index contributed by atoms with van der Waals surface area (Å²) in [6.07, 6.45) is 1.01. The number of nitrogens with zero attached hydrogens (tertiary/aromatic N) is 4. The summed E-state index contributed by atoms with van der Waals surface area (Å²) in [6.45, 7) is 4.92. The Kier molecular flexibility index (Phi) is 5.20. The van der Waals surface area contributed by atoms with Crippen LogP contribution in [0.25, 0.3) is 0 Å². The fraction of sp³-hybridized carbons (Fsp3) is 0.318. The molecule has 1 saturated heterocycles. The number of hydrogen-bond acceptors (Lipinski definition) is 5. The second-order valence-electron chi connectivity index (χ2n) is 7.28. The molecule has 6 nitrogen and oxygen atoms in total. The van der Waals surface area contributed by atoms with Crippen molar-refractivity contribution in [3.8, 4) is 6.07 Å². The van der Waals surface area contributed by atoms with Crippen LogP contribution in [0.4, 0.5) is 5.69 Å². The van der Waals surface area contributed by atoms with Gasteiger partial charge in [-0.3, -0.25) is 24.3 Å². The van der Waals surface area contributed by atoms with Gasteiger partial charge in [-0.25, -0.2) is 0 Å². The number of nitriles is 1. The van der Waals surface area contributed by atoms with Gasteiger partial charge >= 0.3 is 5.91 Å². The molecule has 2 aromatic carbocycles. The van der Waals surface area contributed by atoms with Crippen molar-refractivity contribution in [1.29, 1.82) is 5.26 Å². The number of amides is 1. The van der Waals surface area contributed by atoms with Crippen LogP contribution in [0.5, 0.6) is 0 Å². The third-order valence-corrected chi connectivity index (χ3v) is 5.39. The maximum absolute atomic E-state index is 12.4. The third kappa shape index (κ3) is 3.68. The number of rotatable bonds is 4. The van der Waals surface area contributed by atoms with E-state index >= 15 is 0 Å². The first-order valence-electron chi connectivity index (χ1n) is 9.54. The lowest BCUT2D eigenvalue weighted by atomic mass is 10.1. The SMILES string of the molecule is N#Cc1ccc(CN2CCCN(CN3C(=O)C(=O)c4ccccc43)CC2)cc1. The molecule has 2 heterocycles. The van der Waals surface area contributed by atoms with Crippen molar-refractivity contribution in [2.45, 2.75) is 13.0 Å². The van der Waals surface area contributed by atoms with E-state index < -0.39 is 11.7 Å². The summed E-state index contributed by atoms with van der Waals surface area (Å²) in [5.74, 6) is -0.840. The van der Waals surface area contributed by atoms with Gasteiger partial charge in [0.05, 0.1) is 29.6 Å². The molecule has 2 aliphatic heterocycles. The van der Waals surface area contributed by atoms with Crippen LogP contribution in [0.15, 0.2) is 48.5 Å². The molecule has 0 atom stereocenters. The first-order chi connectivity index (χ1) is 13.7. The van der Waals surface area contributed by atoms with Crippen molar-refractivity contribution in [1.82, 2.24) is 9.80 Å². The highest BCUT2D eigenvalue weighted by Gasteiger charge is 2.36. The van der Waals surface area contributed by atoms with Crippen LogP contribution in [0.2, 0.25) is 0 Å². The number of carbonyl (C=O) groups is 2. The van der Waals surface area contributed by atoms with Gasteiger partial charge in [-0.2, -0.15) is 5.26 Å². The molecule has 4 rings (SSSR count). The summed E-state index contributed by atoms with van der Waals surface area (Å²) in [6, 6.07) is 17.1. The molecule has 28 heavy (non-hydrogen) atoms. The van der Waals surface area contributed by atoms with E-state index in [1.807, 2.05) is 36.4 Å². The average Bonchev–Trinajstić information content (AvgIpc) is 2.87. The highest BCUT2D eigenvalue weighted by Crippen LogP contribution is 2.28. The Morgan fingerprint density at radius 1 is 0.893 bits per heavy atom. The number of Topliss-reactive ketones (excluding diaryl/α,β-unsaturated/α-hetero) is 1. The van der Waals surface area contributed by atoms with Crippen LogP contribution < -0.4 is 4.90 Å². The molecule has 0 aliphatic carbocycles. The zero-order chi connectivity index (χ0) is 19.5. The van der Waals surface area contributed by atoms with Crippen LogP contribution in [-0.2, 0) is 11.3 Å². The predicted molar refractivity (Wildman–Crippen MR) is 106 cm³/mol. The Morgan fingerprint density at radius 2 is 1.61 bits per heavy atom. The molecule has 0 spiro atoms. The zero-order valence-corrected chi connectivity index (χ0v) is 15.7. The molecule has 0 N–H and O–H groups in total. The summed E-state index contributed by atoms with van der Waals surface area (Å²) in [5.41, 5.74) is 3.10. The number of carbonyl (C=O) groups excluding carboxylic acids is 2. The van der Waals surface area contributed by atoms with E-state index in [9.17, 15) is 9.59 Å². The molecule has 1 amide bonds. The lowest BCUT2D eigenvalue weighted by molar-refractivity contribution is -0.114. The lowest BCUT2D eigenvalue weighted by Gasteiger charge is -2.26. The van der Waals surface area contributed by atoms with E-state index in [0.29, 0.717) is 17.8 Å². The number of hydrogen-bond donors (Lipinski definition) is 0. The van der Waals surface area contributed by atoms with E-state index in [1.165, 1.54) is 5.56 Å². The van der Waals surface area contributed by atoms with Gasteiger partial charge in [0.1, 0.15) is 0 Å². The summed E-state index contributed by atoms with van der Waals surface area (Å²) >= 11 is 0. The number of para-hydroxylation sites is 1. The molecular weight excluding hydrogens is 352 g/mol. The van der Waals surface area contributed by atoms with Gasteiger partial charge in [-0.15, -0.1) is 0 Å². The number of benzene rings is 2. The van der Waals surface area contributed by atoms with E-state index in [0.717, 1.165) is 44.8 Å². The standard InChI is InChI=1S/C22H22N4O2/c23-14-17-6-8-18(9-7-17)15-24-10-3-11-25(13-12-24)16-26-20-5-2-1-4-19(20)21(27)22(26)28/h1-2,4-9H,3,10-13,15-16H2. The van der Waals surface area contributed by atoms with Crippen molar-refractivity contribution >= 4 is 17.4 Å². The summed E-state index contributed by atoms with van der Waals surface area (Å²) < 4.78 is 0. The van der Waals surface area contributed by atoms with Crippen molar-refractivity contribution in [3.63, 3.8) is 0 Å². The molecular formula is C22H22N4O2. The second kappa shape index (κ2) is 7.93. The van der Waals surface area contributed by atoms with Crippen LogP contribution in [0, 0.1) is 11.3 Å². The molecule has 2 aliphatic rings. The topological polar surface area (TPSA) is 67.7 Å². The van der Waals surface area contributed by atoms with Gasteiger partial charge in [-0.05, 0) is 42.8 Å². The Balaban J connectivity index is 1.37. The fourth-order valence-corrected chi connectivity index (χ4v) is 3.86. The van der Waals surface area contributed by atoms with Gasteiger partial charge in [0, 0.05) is 26.2 Å². The van der Waals surface area contributed by atoms with Crippen molar-refractivity contribution in [2.75, 3.05) is 37.7 Å². The van der Waals surface area contributed by atoms with Crippen LogP contribution in [0.1, 0.15) is 27.9 Å². The van der Waals surface area contributed by atoms with Gasteiger partial charge in [0.15, 0.2) is 0 Å². The molecule has 1 fully saturated rings. The van der Waals surface area contributed by atoms with Gasteiger partial charge < -0.3 is 0 Å². The number of anilines is 1. The Morgan fingerprint density at radius 3 is 2.39 bits per heavy atom. The maximum Gasteiger partial charge on any atom is 0.300 e. The van der Waals surface area contributed by atoms with Gasteiger partial charge in [0.25, 0.3) is 5.78 Å². The van der Waals surface area contributed by atoms with Crippen molar-refractivity contribution < 1.29 is 9.59 Å². The van der Waals surface area contributed by atoms with Crippen LogP contribution in [0.3, 0.4) is 0 Å². The minimum Gasteiger partial charge on any atom is -0.298 e. The molecule has 2 aromatic rings. The van der Waals surface area contributed by atoms with Gasteiger partial charge in [0.2, 0.25) is 0 Å².